The Morgan fingerprint density at radius 3 is 2.58 bits per heavy atom. The molecule has 0 aromatic heterocycles. The van der Waals surface area contributed by atoms with E-state index >= 15 is 0 Å². The molecule has 0 fully saturated rings. The van der Waals surface area contributed by atoms with Crippen molar-refractivity contribution in [2.75, 3.05) is 13.2 Å². The average molecular weight is 324 g/mol. The van der Waals surface area contributed by atoms with E-state index in [1.54, 1.807) is 0 Å². The minimum atomic E-state index is -0.305. The van der Waals surface area contributed by atoms with Crippen LogP contribution in [0.4, 0.5) is 0 Å². The molecule has 2 aromatic carbocycles. The Hall–Kier alpha value is -2.29. The zero-order valence-corrected chi connectivity index (χ0v) is 14.0. The summed E-state index contributed by atoms with van der Waals surface area (Å²) in [7, 11) is 0. The second-order valence-electron chi connectivity index (χ2n) is 6.24. The standard InChI is InChI=1S/C21H24O3/c22-21(23-14-6-9-17-7-2-1-3-8-17)16-24-20-13-12-18-10-4-5-11-19(18)15-20/h1-3,7-8,12-13,15H,4-6,9-11,14,16H2. The van der Waals surface area contributed by atoms with E-state index in [4.69, 9.17) is 9.47 Å². The van der Waals surface area contributed by atoms with Crippen LogP contribution in [-0.2, 0) is 28.8 Å². The van der Waals surface area contributed by atoms with Gasteiger partial charge in [0.15, 0.2) is 6.61 Å². The largest absolute Gasteiger partial charge is 0.482 e. The molecule has 0 bridgehead atoms. The van der Waals surface area contributed by atoms with Gasteiger partial charge in [-0.1, -0.05) is 36.4 Å². The third-order valence-corrected chi connectivity index (χ3v) is 4.39. The van der Waals surface area contributed by atoms with Gasteiger partial charge in [0.2, 0.25) is 0 Å². The highest BCUT2D eigenvalue weighted by molar-refractivity contribution is 5.71. The molecule has 0 radical (unpaired) electrons. The van der Waals surface area contributed by atoms with Crippen LogP contribution < -0.4 is 4.74 Å². The zero-order valence-electron chi connectivity index (χ0n) is 14.0. The maximum atomic E-state index is 11.8. The lowest BCUT2D eigenvalue weighted by Crippen LogP contribution is -2.16. The van der Waals surface area contributed by atoms with Crippen LogP contribution >= 0.6 is 0 Å². The maximum Gasteiger partial charge on any atom is 0.344 e. The molecule has 0 heterocycles. The van der Waals surface area contributed by atoms with Crippen LogP contribution in [0.1, 0.15) is 36.0 Å². The van der Waals surface area contributed by atoms with Crippen molar-refractivity contribution in [3.63, 3.8) is 0 Å². The minimum absolute atomic E-state index is 0.0237. The van der Waals surface area contributed by atoms with E-state index in [0.717, 1.165) is 31.4 Å². The summed E-state index contributed by atoms with van der Waals surface area (Å²) < 4.78 is 10.8. The highest BCUT2D eigenvalue weighted by Crippen LogP contribution is 2.25. The molecule has 1 aliphatic rings. The van der Waals surface area contributed by atoms with Gasteiger partial charge in [0.05, 0.1) is 6.61 Å². The molecule has 0 N–H and O–H groups in total. The highest BCUT2D eigenvalue weighted by atomic mass is 16.6. The van der Waals surface area contributed by atoms with Crippen LogP contribution in [-0.4, -0.2) is 19.2 Å². The molecular formula is C21H24O3. The van der Waals surface area contributed by atoms with Crippen molar-refractivity contribution in [1.29, 1.82) is 0 Å². The van der Waals surface area contributed by atoms with E-state index in [1.807, 2.05) is 24.3 Å². The van der Waals surface area contributed by atoms with Gasteiger partial charge in [0.25, 0.3) is 0 Å². The highest BCUT2D eigenvalue weighted by Gasteiger charge is 2.11. The van der Waals surface area contributed by atoms with Crippen molar-refractivity contribution >= 4 is 5.97 Å². The van der Waals surface area contributed by atoms with Gasteiger partial charge in [0.1, 0.15) is 5.75 Å². The lowest BCUT2D eigenvalue weighted by molar-refractivity contribution is -0.146. The molecule has 0 spiro atoms. The monoisotopic (exact) mass is 324 g/mol. The number of hydrogen-bond donors (Lipinski definition) is 0. The number of fused-ring (bicyclic) bond motifs is 1. The molecule has 0 atom stereocenters. The van der Waals surface area contributed by atoms with Crippen LogP contribution in [0.25, 0.3) is 0 Å². The summed E-state index contributed by atoms with van der Waals surface area (Å²) in [5, 5.41) is 0. The van der Waals surface area contributed by atoms with Crippen molar-refractivity contribution in [2.45, 2.75) is 38.5 Å². The molecule has 3 nitrogen and oxygen atoms in total. The van der Waals surface area contributed by atoms with Crippen molar-refractivity contribution in [2.24, 2.45) is 0 Å². The first-order valence-electron chi connectivity index (χ1n) is 8.75. The number of rotatable bonds is 7. The van der Waals surface area contributed by atoms with Gasteiger partial charge in [-0.15, -0.1) is 0 Å². The molecule has 24 heavy (non-hydrogen) atoms. The lowest BCUT2D eigenvalue weighted by Gasteiger charge is -2.16. The minimum Gasteiger partial charge on any atom is -0.482 e. The first kappa shape index (κ1) is 16.6. The van der Waals surface area contributed by atoms with Gasteiger partial charge in [-0.3, -0.25) is 0 Å². The topological polar surface area (TPSA) is 35.5 Å². The number of esters is 1. The van der Waals surface area contributed by atoms with E-state index in [1.165, 1.54) is 29.5 Å². The summed E-state index contributed by atoms with van der Waals surface area (Å²) in [5.41, 5.74) is 4.03. The van der Waals surface area contributed by atoms with Gasteiger partial charge in [0, 0.05) is 0 Å². The summed E-state index contributed by atoms with van der Waals surface area (Å²) in [6.07, 6.45) is 6.51. The Kier molecular flexibility index (Phi) is 5.89. The summed E-state index contributed by atoms with van der Waals surface area (Å²) in [6, 6.07) is 16.4. The number of aryl methyl sites for hydroxylation is 3. The summed E-state index contributed by atoms with van der Waals surface area (Å²) in [4.78, 5) is 11.8. The molecule has 0 unspecified atom stereocenters. The predicted molar refractivity (Wildman–Crippen MR) is 94.3 cm³/mol. The molecule has 2 aromatic rings. The molecular weight excluding hydrogens is 300 g/mol. The number of ether oxygens (including phenoxy) is 2. The van der Waals surface area contributed by atoms with Crippen LogP contribution in [0.2, 0.25) is 0 Å². The van der Waals surface area contributed by atoms with Gasteiger partial charge in [-0.25, -0.2) is 4.79 Å². The maximum absolute atomic E-state index is 11.8. The second kappa shape index (κ2) is 8.53. The van der Waals surface area contributed by atoms with E-state index in [2.05, 4.69) is 24.3 Å². The van der Waals surface area contributed by atoms with Crippen molar-refractivity contribution < 1.29 is 14.3 Å². The van der Waals surface area contributed by atoms with Crippen molar-refractivity contribution in [3.05, 3.63) is 65.2 Å². The first-order valence-corrected chi connectivity index (χ1v) is 8.75. The molecule has 0 aliphatic heterocycles. The Morgan fingerprint density at radius 2 is 1.75 bits per heavy atom. The second-order valence-corrected chi connectivity index (χ2v) is 6.24. The van der Waals surface area contributed by atoms with E-state index in [9.17, 15) is 4.79 Å². The quantitative estimate of drug-likeness (QED) is 0.568. The number of carbonyl (C=O) groups is 1. The van der Waals surface area contributed by atoms with Crippen LogP contribution in [0.5, 0.6) is 5.75 Å². The third-order valence-electron chi connectivity index (χ3n) is 4.39. The molecule has 0 amide bonds. The fourth-order valence-corrected chi connectivity index (χ4v) is 3.09. The first-order chi connectivity index (χ1) is 11.8. The molecule has 1 aliphatic carbocycles. The molecule has 0 saturated carbocycles. The van der Waals surface area contributed by atoms with Crippen LogP contribution in [0.3, 0.4) is 0 Å². The Bertz CT molecular complexity index is 664. The van der Waals surface area contributed by atoms with Crippen LogP contribution in [0.15, 0.2) is 48.5 Å². The normalized spacial score (nSPS) is 13.2. The van der Waals surface area contributed by atoms with E-state index < -0.39 is 0 Å². The lowest BCUT2D eigenvalue weighted by atomic mass is 9.92. The fourth-order valence-electron chi connectivity index (χ4n) is 3.09. The van der Waals surface area contributed by atoms with Gasteiger partial charge in [-0.2, -0.15) is 0 Å². The fraction of sp³-hybridized carbons (Fsp3) is 0.381. The van der Waals surface area contributed by atoms with Crippen molar-refractivity contribution in [1.82, 2.24) is 0 Å². The SMILES string of the molecule is O=C(COc1ccc2c(c1)CCCC2)OCCCc1ccccc1. The Labute approximate surface area is 143 Å². The van der Waals surface area contributed by atoms with E-state index in [-0.39, 0.29) is 12.6 Å². The van der Waals surface area contributed by atoms with Crippen molar-refractivity contribution in [3.8, 4) is 5.75 Å². The number of carbonyl (C=O) groups excluding carboxylic acids is 1. The Balaban J connectivity index is 1.36. The Morgan fingerprint density at radius 1 is 0.958 bits per heavy atom. The number of hydrogen-bond acceptors (Lipinski definition) is 3. The molecule has 0 saturated heterocycles. The average Bonchev–Trinajstić information content (AvgIpc) is 2.64. The zero-order chi connectivity index (χ0) is 16.6. The molecule has 3 rings (SSSR count). The summed E-state index contributed by atoms with van der Waals surface area (Å²) in [6.45, 7) is 0.408. The third kappa shape index (κ3) is 4.85. The summed E-state index contributed by atoms with van der Waals surface area (Å²) >= 11 is 0. The predicted octanol–water partition coefficient (Wildman–Crippen LogP) is 4.12. The van der Waals surface area contributed by atoms with Gasteiger partial charge >= 0.3 is 5.97 Å². The van der Waals surface area contributed by atoms with Crippen LogP contribution in [0, 0.1) is 0 Å². The molecule has 3 heteroatoms. The molecule has 126 valence electrons. The van der Waals surface area contributed by atoms with E-state index in [0.29, 0.717) is 6.61 Å². The smallest absolute Gasteiger partial charge is 0.344 e. The summed E-state index contributed by atoms with van der Waals surface area (Å²) in [5.74, 6) is 0.456. The van der Waals surface area contributed by atoms with Gasteiger partial charge in [-0.05, 0) is 67.3 Å². The number of benzene rings is 2. The van der Waals surface area contributed by atoms with Gasteiger partial charge < -0.3 is 9.47 Å².